The summed E-state index contributed by atoms with van der Waals surface area (Å²) < 4.78 is 4.68. The summed E-state index contributed by atoms with van der Waals surface area (Å²) >= 11 is 0. The molecule has 3 nitrogen and oxygen atoms in total. The van der Waals surface area contributed by atoms with Crippen LogP contribution in [0.5, 0.6) is 0 Å². The monoisotopic (exact) mass is 243 g/mol. The van der Waals surface area contributed by atoms with Crippen molar-refractivity contribution in [3.05, 3.63) is 41.1 Å². The number of para-hydroxylation sites is 1. The molecule has 0 aliphatic heterocycles. The maximum Gasteiger partial charge on any atom is 0.305 e. The molecular weight excluding hydrogens is 226 g/mol. The highest BCUT2D eigenvalue weighted by Crippen LogP contribution is 2.22. The predicted molar refractivity (Wildman–Crippen MR) is 71.6 cm³/mol. The first-order valence-corrected chi connectivity index (χ1v) is 6.04. The third kappa shape index (κ3) is 2.50. The van der Waals surface area contributed by atoms with E-state index in [1.54, 1.807) is 0 Å². The number of pyridine rings is 1. The Hall–Kier alpha value is -1.90. The van der Waals surface area contributed by atoms with Crippen LogP contribution in [0, 0.1) is 13.8 Å². The number of aryl methyl sites for hydroxylation is 3. The van der Waals surface area contributed by atoms with E-state index in [2.05, 4.69) is 28.8 Å². The van der Waals surface area contributed by atoms with Crippen LogP contribution >= 0.6 is 0 Å². The molecule has 0 unspecified atom stereocenters. The van der Waals surface area contributed by atoms with Gasteiger partial charge in [0.1, 0.15) is 0 Å². The third-order valence-corrected chi connectivity index (χ3v) is 3.08. The van der Waals surface area contributed by atoms with Gasteiger partial charge in [0.25, 0.3) is 0 Å². The Morgan fingerprint density at radius 3 is 2.83 bits per heavy atom. The summed E-state index contributed by atoms with van der Waals surface area (Å²) in [6.45, 7) is 4.03. The van der Waals surface area contributed by atoms with Crippen LogP contribution in [0.25, 0.3) is 10.9 Å². The van der Waals surface area contributed by atoms with E-state index in [1.165, 1.54) is 7.11 Å². The molecule has 1 heterocycles. The highest BCUT2D eigenvalue weighted by atomic mass is 16.5. The smallest absolute Gasteiger partial charge is 0.305 e. The van der Waals surface area contributed by atoms with Crippen LogP contribution in [0.3, 0.4) is 0 Å². The van der Waals surface area contributed by atoms with Gasteiger partial charge in [0, 0.05) is 17.5 Å². The number of carbonyl (C=O) groups excluding carboxylic acids is 1. The molecule has 18 heavy (non-hydrogen) atoms. The summed E-state index contributed by atoms with van der Waals surface area (Å²) in [4.78, 5) is 15.8. The fourth-order valence-corrected chi connectivity index (χ4v) is 2.15. The maximum absolute atomic E-state index is 11.2. The Morgan fingerprint density at radius 2 is 2.11 bits per heavy atom. The van der Waals surface area contributed by atoms with E-state index in [-0.39, 0.29) is 5.97 Å². The number of hydrogen-bond acceptors (Lipinski definition) is 3. The molecule has 2 aromatic rings. The second kappa shape index (κ2) is 5.17. The topological polar surface area (TPSA) is 39.2 Å². The second-order valence-corrected chi connectivity index (χ2v) is 4.47. The van der Waals surface area contributed by atoms with Gasteiger partial charge in [-0.15, -0.1) is 0 Å². The van der Waals surface area contributed by atoms with E-state index < -0.39 is 0 Å². The van der Waals surface area contributed by atoms with Crippen LogP contribution in [-0.2, 0) is 16.0 Å². The van der Waals surface area contributed by atoms with Crippen LogP contribution in [-0.4, -0.2) is 18.1 Å². The number of aromatic nitrogens is 1. The lowest BCUT2D eigenvalue weighted by atomic mass is 10.0. The number of nitrogens with zero attached hydrogens (tertiary/aromatic N) is 1. The molecule has 0 radical (unpaired) electrons. The molecular formula is C15H17NO2. The van der Waals surface area contributed by atoms with Gasteiger partial charge in [0.15, 0.2) is 0 Å². The van der Waals surface area contributed by atoms with Crippen molar-refractivity contribution in [2.45, 2.75) is 26.7 Å². The predicted octanol–water partition coefficient (Wildman–Crippen LogP) is 2.96. The number of esters is 1. The zero-order valence-corrected chi connectivity index (χ0v) is 11.0. The van der Waals surface area contributed by atoms with Crippen molar-refractivity contribution in [1.29, 1.82) is 0 Å². The highest BCUT2D eigenvalue weighted by molar-refractivity contribution is 5.85. The molecule has 94 valence electrons. The molecule has 0 amide bonds. The lowest BCUT2D eigenvalue weighted by Gasteiger charge is -2.09. The molecule has 1 aromatic heterocycles. The molecule has 0 bridgehead atoms. The van der Waals surface area contributed by atoms with Crippen molar-refractivity contribution >= 4 is 16.9 Å². The summed E-state index contributed by atoms with van der Waals surface area (Å²) in [5.41, 5.74) is 4.33. The average molecular weight is 243 g/mol. The van der Waals surface area contributed by atoms with Crippen LogP contribution in [0.1, 0.15) is 23.2 Å². The van der Waals surface area contributed by atoms with Crippen molar-refractivity contribution in [3.63, 3.8) is 0 Å². The van der Waals surface area contributed by atoms with Crippen LogP contribution in [0.4, 0.5) is 0 Å². The van der Waals surface area contributed by atoms with Crippen LogP contribution in [0.15, 0.2) is 24.3 Å². The molecule has 0 aliphatic rings. The third-order valence-electron chi connectivity index (χ3n) is 3.08. The Balaban J connectivity index is 2.43. The molecule has 0 N–H and O–H groups in total. The highest BCUT2D eigenvalue weighted by Gasteiger charge is 2.08. The summed E-state index contributed by atoms with van der Waals surface area (Å²) in [5, 5.41) is 1.13. The van der Waals surface area contributed by atoms with Crippen molar-refractivity contribution in [1.82, 2.24) is 4.98 Å². The Kier molecular flexibility index (Phi) is 3.60. The normalized spacial score (nSPS) is 10.6. The Morgan fingerprint density at radius 1 is 1.33 bits per heavy atom. The molecule has 0 atom stereocenters. The minimum absolute atomic E-state index is 0.176. The van der Waals surface area contributed by atoms with E-state index in [4.69, 9.17) is 0 Å². The van der Waals surface area contributed by atoms with Gasteiger partial charge in [0.2, 0.25) is 0 Å². The molecule has 0 saturated carbocycles. The van der Waals surface area contributed by atoms with Crippen LogP contribution in [0.2, 0.25) is 0 Å². The molecule has 0 spiro atoms. The minimum atomic E-state index is -0.176. The molecule has 1 aromatic carbocycles. The average Bonchev–Trinajstić information content (AvgIpc) is 2.36. The number of hydrogen-bond donors (Lipinski definition) is 0. The Labute approximate surface area is 107 Å². The van der Waals surface area contributed by atoms with Gasteiger partial charge in [-0.1, -0.05) is 18.2 Å². The summed E-state index contributed by atoms with van der Waals surface area (Å²) in [7, 11) is 1.42. The molecule has 0 fully saturated rings. The fourth-order valence-electron chi connectivity index (χ4n) is 2.15. The maximum atomic E-state index is 11.2. The number of benzene rings is 1. The van der Waals surface area contributed by atoms with Gasteiger partial charge < -0.3 is 4.74 Å². The van der Waals surface area contributed by atoms with Crippen LogP contribution < -0.4 is 0 Å². The molecule has 3 heteroatoms. The first kappa shape index (κ1) is 12.6. The number of rotatable bonds is 3. The van der Waals surface area contributed by atoms with Gasteiger partial charge in [-0.05, 0) is 37.5 Å². The zero-order valence-electron chi connectivity index (χ0n) is 11.0. The van der Waals surface area contributed by atoms with E-state index in [0.717, 1.165) is 27.7 Å². The zero-order chi connectivity index (χ0) is 13.1. The quantitative estimate of drug-likeness (QED) is 0.778. The lowest BCUT2D eigenvalue weighted by molar-refractivity contribution is -0.140. The van der Waals surface area contributed by atoms with E-state index in [9.17, 15) is 4.79 Å². The molecule has 2 rings (SSSR count). The molecule has 0 aliphatic carbocycles. The van der Waals surface area contributed by atoms with Crippen molar-refractivity contribution in [3.8, 4) is 0 Å². The van der Waals surface area contributed by atoms with Crippen molar-refractivity contribution in [2.75, 3.05) is 7.11 Å². The SMILES string of the molecule is COC(=O)CCc1cc(C)nc2c(C)cccc12. The second-order valence-electron chi connectivity index (χ2n) is 4.47. The first-order chi connectivity index (χ1) is 8.61. The summed E-state index contributed by atoms with van der Waals surface area (Å²) in [6.07, 6.45) is 1.10. The fraction of sp³-hybridized carbons (Fsp3) is 0.333. The number of carbonyl (C=O) groups is 1. The van der Waals surface area contributed by atoms with Crippen molar-refractivity contribution in [2.24, 2.45) is 0 Å². The van der Waals surface area contributed by atoms with Gasteiger partial charge in [0.05, 0.1) is 12.6 Å². The number of fused-ring (bicyclic) bond motifs is 1. The lowest BCUT2D eigenvalue weighted by Crippen LogP contribution is -2.03. The summed E-state index contributed by atoms with van der Waals surface area (Å²) in [6, 6.07) is 8.18. The van der Waals surface area contributed by atoms with Gasteiger partial charge in [-0.3, -0.25) is 9.78 Å². The van der Waals surface area contributed by atoms with E-state index >= 15 is 0 Å². The van der Waals surface area contributed by atoms with E-state index in [1.807, 2.05) is 19.1 Å². The standard InChI is InChI=1S/C15H17NO2/c1-10-5-4-6-13-12(7-8-14(17)18-3)9-11(2)16-15(10)13/h4-6,9H,7-8H2,1-3H3. The van der Waals surface area contributed by atoms with E-state index in [0.29, 0.717) is 12.8 Å². The largest absolute Gasteiger partial charge is 0.469 e. The number of ether oxygens (including phenoxy) is 1. The number of methoxy groups -OCH3 is 1. The first-order valence-electron chi connectivity index (χ1n) is 6.04. The van der Waals surface area contributed by atoms with Gasteiger partial charge >= 0.3 is 5.97 Å². The summed E-state index contributed by atoms with van der Waals surface area (Å²) in [5.74, 6) is -0.176. The minimum Gasteiger partial charge on any atom is -0.469 e. The van der Waals surface area contributed by atoms with Gasteiger partial charge in [-0.2, -0.15) is 0 Å². The van der Waals surface area contributed by atoms with Crippen molar-refractivity contribution < 1.29 is 9.53 Å². The Bertz CT molecular complexity index is 590. The van der Waals surface area contributed by atoms with Gasteiger partial charge in [-0.25, -0.2) is 0 Å². The molecule has 0 saturated heterocycles.